The van der Waals surface area contributed by atoms with Crippen LogP contribution in [0, 0.1) is 0 Å². The third kappa shape index (κ3) is 3.70. The molecule has 2 amide bonds. The van der Waals surface area contributed by atoms with Gasteiger partial charge in [-0.25, -0.2) is 0 Å². The zero-order valence-corrected chi connectivity index (χ0v) is 11.0. The molecular formula is C12H23N3O2. The Morgan fingerprint density at radius 3 is 2.71 bits per heavy atom. The van der Waals surface area contributed by atoms with Crippen molar-refractivity contribution in [3.63, 3.8) is 0 Å². The van der Waals surface area contributed by atoms with Gasteiger partial charge in [0.2, 0.25) is 11.8 Å². The molecule has 0 aromatic rings. The second-order valence-electron chi connectivity index (χ2n) is 4.36. The molecule has 5 nitrogen and oxygen atoms in total. The van der Waals surface area contributed by atoms with E-state index in [9.17, 15) is 9.59 Å². The fourth-order valence-corrected chi connectivity index (χ4v) is 2.06. The molecule has 1 aliphatic heterocycles. The number of nitrogens with one attached hydrogen (secondary N) is 1. The first kappa shape index (κ1) is 14.0. The number of rotatable bonds is 4. The second kappa shape index (κ2) is 6.59. The van der Waals surface area contributed by atoms with Crippen molar-refractivity contribution in [3.8, 4) is 0 Å². The highest BCUT2D eigenvalue weighted by atomic mass is 16.2. The Hall–Kier alpha value is -1.10. The van der Waals surface area contributed by atoms with Gasteiger partial charge in [-0.2, -0.15) is 0 Å². The first-order valence-electron chi connectivity index (χ1n) is 6.40. The minimum atomic E-state index is -0.179. The van der Waals surface area contributed by atoms with E-state index in [0.717, 1.165) is 13.0 Å². The van der Waals surface area contributed by atoms with Crippen molar-refractivity contribution >= 4 is 11.8 Å². The molecule has 1 saturated heterocycles. The average Bonchev–Trinajstić information content (AvgIpc) is 2.46. The van der Waals surface area contributed by atoms with Crippen molar-refractivity contribution in [2.75, 3.05) is 32.7 Å². The van der Waals surface area contributed by atoms with Crippen molar-refractivity contribution in [1.29, 1.82) is 0 Å². The third-order valence-corrected chi connectivity index (χ3v) is 3.18. The Morgan fingerprint density at radius 2 is 2.12 bits per heavy atom. The monoisotopic (exact) mass is 241 g/mol. The lowest BCUT2D eigenvalue weighted by atomic mass is 10.3. The lowest BCUT2D eigenvalue weighted by Crippen LogP contribution is -2.47. The van der Waals surface area contributed by atoms with Crippen LogP contribution in [0.4, 0.5) is 0 Å². The number of carbonyl (C=O) groups excluding carboxylic acids is 2. The van der Waals surface area contributed by atoms with Crippen LogP contribution in [0.25, 0.3) is 0 Å². The predicted octanol–water partition coefficient (Wildman–Crippen LogP) is 0.0652. The fraction of sp³-hybridized carbons (Fsp3) is 0.833. The molecule has 0 aromatic carbocycles. The fourth-order valence-electron chi connectivity index (χ4n) is 2.06. The maximum Gasteiger partial charge on any atom is 0.242 e. The van der Waals surface area contributed by atoms with Gasteiger partial charge in [-0.05, 0) is 33.7 Å². The molecule has 1 unspecified atom stereocenters. The molecule has 1 atom stereocenters. The molecule has 1 N–H and O–H groups in total. The number of carbonyl (C=O) groups is 2. The number of hydrogen-bond donors (Lipinski definition) is 1. The summed E-state index contributed by atoms with van der Waals surface area (Å²) in [5.74, 6) is 0.0699. The van der Waals surface area contributed by atoms with Crippen LogP contribution in [0.3, 0.4) is 0 Å². The number of nitrogens with zero attached hydrogens (tertiary/aromatic N) is 2. The van der Waals surface area contributed by atoms with E-state index >= 15 is 0 Å². The third-order valence-electron chi connectivity index (χ3n) is 3.18. The summed E-state index contributed by atoms with van der Waals surface area (Å²) < 4.78 is 0. The summed E-state index contributed by atoms with van der Waals surface area (Å²) in [5.41, 5.74) is 0. The highest BCUT2D eigenvalue weighted by Crippen LogP contribution is 2.03. The molecule has 1 fully saturated rings. The normalized spacial score (nSPS) is 21.2. The average molecular weight is 241 g/mol. The molecule has 5 heteroatoms. The first-order valence-corrected chi connectivity index (χ1v) is 6.40. The second-order valence-corrected chi connectivity index (χ2v) is 4.36. The van der Waals surface area contributed by atoms with E-state index in [1.807, 2.05) is 20.8 Å². The summed E-state index contributed by atoms with van der Waals surface area (Å²) in [4.78, 5) is 27.4. The Morgan fingerprint density at radius 1 is 1.47 bits per heavy atom. The molecule has 1 heterocycles. The van der Waals surface area contributed by atoms with Gasteiger partial charge in [-0.15, -0.1) is 0 Å². The minimum absolute atomic E-state index is 0.0306. The Kier molecular flexibility index (Phi) is 5.41. The van der Waals surface area contributed by atoms with Gasteiger partial charge in [0, 0.05) is 19.6 Å². The summed E-state index contributed by atoms with van der Waals surface area (Å²) in [5, 5.41) is 3.14. The molecule has 1 rings (SSSR count). The predicted molar refractivity (Wildman–Crippen MR) is 66.6 cm³/mol. The van der Waals surface area contributed by atoms with Gasteiger partial charge in [0.15, 0.2) is 0 Å². The van der Waals surface area contributed by atoms with Crippen LogP contribution >= 0.6 is 0 Å². The molecule has 17 heavy (non-hydrogen) atoms. The summed E-state index contributed by atoms with van der Waals surface area (Å²) in [6.45, 7) is 8.88. The maximum absolute atomic E-state index is 12.0. The zero-order chi connectivity index (χ0) is 12.8. The number of likely N-dealkylation sites (N-methyl/N-ethyl adjacent to an activating group) is 1. The molecule has 0 aliphatic carbocycles. The van der Waals surface area contributed by atoms with Crippen LogP contribution in [0.15, 0.2) is 0 Å². The Balaban J connectivity index is 2.59. The topological polar surface area (TPSA) is 52.7 Å². The largest absolute Gasteiger partial charge is 0.342 e. The van der Waals surface area contributed by atoms with Crippen LogP contribution in [0.5, 0.6) is 0 Å². The quantitative estimate of drug-likeness (QED) is 0.757. The standard InChI is InChI=1S/C12H23N3O2/c1-4-14(5-2)11(16)9-15-8-6-7-13-10(3)12(15)17/h10,13H,4-9H2,1-3H3. The van der Waals surface area contributed by atoms with Crippen molar-refractivity contribution in [2.45, 2.75) is 33.2 Å². The van der Waals surface area contributed by atoms with Gasteiger partial charge < -0.3 is 15.1 Å². The lowest BCUT2D eigenvalue weighted by Gasteiger charge is -2.26. The minimum Gasteiger partial charge on any atom is -0.342 e. The number of hydrogen-bond acceptors (Lipinski definition) is 3. The van der Waals surface area contributed by atoms with Crippen molar-refractivity contribution < 1.29 is 9.59 Å². The molecular weight excluding hydrogens is 218 g/mol. The van der Waals surface area contributed by atoms with Crippen molar-refractivity contribution in [3.05, 3.63) is 0 Å². The van der Waals surface area contributed by atoms with Gasteiger partial charge in [0.1, 0.15) is 0 Å². The zero-order valence-electron chi connectivity index (χ0n) is 11.0. The number of amides is 2. The van der Waals surface area contributed by atoms with E-state index in [2.05, 4.69) is 5.32 Å². The molecule has 1 aliphatic rings. The van der Waals surface area contributed by atoms with E-state index in [4.69, 9.17) is 0 Å². The summed E-state index contributed by atoms with van der Waals surface area (Å²) >= 11 is 0. The van der Waals surface area contributed by atoms with E-state index in [-0.39, 0.29) is 24.4 Å². The SMILES string of the molecule is CCN(CC)C(=O)CN1CCCNC(C)C1=O. The van der Waals surface area contributed by atoms with Crippen molar-refractivity contribution in [2.24, 2.45) is 0 Å². The summed E-state index contributed by atoms with van der Waals surface area (Å²) in [6.07, 6.45) is 0.904. The van der Waals surface area contributed by atoms with Crippen LogP contribution in [0.2, 0.25) is 0 Å². The van der Waals surface area contributed by atoms with Gasteiger partial charge in [-0.1, -0.05) is 0 Å². The van der Waals surface area contributed by atoms with E-state index in [1.165, 1.54) is 0 Å². The van der Waals surface area contributed by atoms with Gasteiger partial charge in [-0.3, -0.25) is 9.59 Å². The van der Waals surface area contributed by atoms with Crippen LogP contribution in [0.1, 0.15) is 27.2 Å². The van der Waals surface area contributed by atoms with E-state index in [1.54, 1.807) is 9.80 Å². The van der Waals surface area contributed by atoms with Crippen LogP contribution in [-0.4, -0.2) is 60.4 Å². The molecule has 0 spiro atoms. The lowest BCUT2D eigenvalue weighted by molar-refractivity contribution is -0.140. The maximum atomic E-state index is 12.0. The molecule has 0 radical (unpaired) electrons. The highest BCUT2D eigenvalue weighted by molar-refractivity contribution is 5.87. The summed E-state index contributed by atoms with van der Waals surface area (Å²) in [7, 11) is 0. The van der Waals surface area contributed by atoms with E-state index < -0.39 is 0 Å². The van der Waals surface area contributed by atoms with Crippen LogP contribution in [-0.2, 0) is 9.59 Å². The molecule has 0 bridgehead atoms. The smallest absolute Gasteiger partial charge is 0.242 e. The highest BCUT2D eigenvalue weighted by Gasteiger charge is 2.25. The van der Waals surface area contributed by atoms with Gasteiger partial charge >= 0.3 is 0 Å². The summed E-state index contributed by atoms with van der Waals surface area (Å²) in [6, 6.07) is -0.179. The molecule has 98 valence electrons. The Labute approximate surface area is 103 Å². The molecule has 0 saturated carbocycles. The first-order chi connectivity index (χ1) is 8.10. The van der Waals surface area contributed by atoms with Gasteiger partial charge in [0.05, 0.1) is 12.6 Å². The van der Waals surface area contributed by atoms with Gasteiger partial charge in [0.25, 0.3) is 0 Å². The van der Waals surface area contributed by atoms with Crippen molar-refractivity contribution in [1.82, 2.24) is 15.1 Å². The Bertz CT molecular complexity index is 277. The van der Waals surface area contributed by atoms with Crippen LogP contribution < -0.4 is 5.32 Å². The van der Waals surface area contributed by atoms with E-state index in [0.29, 0.717) is 19.6 Å². The molecule has 0 aromatic heterocycles.